The summed E-state index contributed by atoms with van der Waals surface area (Å²) in [4.78, 5) is 0. The zero-order valence-electron chi connectivity index (χ0n) is 14.4. The van der Waals surface area contributed by atoms with Crippen LogP contribution in [0.15, 0.2) is 65.1 Å². The van der Waals surface area contributed by atoms with Crippen LogP contribution >= 0.6 is 39.1 Å². The summed E-state index contributed by atoms with van der Waals surface area (Å²) in [6.07, 6.45) is 1.63. The van der Waals surface area contributed by atoms with Crippen LogP contribution < -0.4 is 4.74 Å². The van der Waals surface area contributed by atoms with E-state index in [0.29, 0.717) is 26.9 Å². The average molecular weight is 477 g/mol. The van der Waals surface area contributed by atoms with Crippen molar-refractivity contribution < 1.29 is 9.13 Å². The molecular weight excluding hydrogens is 464 g/mol. The van der Waals surface area contributed by atoms with Gasteiger partial charge in [0.1, 0.15) is 18.2 Å². The molecule has 0 spiro atoms. The van der Waals surface area contributed by atoms with Crippen LogP contribution in [0, 0.1) is 17.1 Å². The van der Waals surface area contributed by atoms with Crippen molar-refractivity contribution in [2.75, 3.05) is 0 Å². The average Bonchev–Trinajstić information content (AvgIpc) is 2.68. The molecule has 3 rings (SSSR count). The largest absolute Gasteiger partial charge is 0.488 e. The fourth-order valence-electron chi connectivity index (χ4n) is 2.53. The number of benzene rings is 3. The third-order valence-corrected chi connectivity index (χ3v) is 5.29. The first kappa shape index (κ1) is 20.4. The first-order valence-electron chi connectivity index (χ1n) is 8.21. The van der Waals surface area contributed by atoms with Gasteiger partial charge in [0.15, 0.2) is 0 Å². The first-order chi connectivity index (χ1) is 13.5. The Kier molecular flexibility index (Phi) is 6.74. The minimum absolute atomic E-state index is 0.245. The fourth-order valence-corrected chi connectivity index (χ4v) is 3.36. The number of nitrogens with zero attached hydrogens (tertiary/aromatic N) is 1. The van der Waals surface area contributed by atoms with E-state index in [-0.39, 0.29) is 11.1 Å². The summed E-state index contributed by atoms with van der Waals surface area (Å²) in [6.45, 7) is 0.323. The predicted octanol–water partition coefficient (Wildman–Crippen LogP) is 7.54. The molecule has 0 aromatic heterocycles. The fraction of sp³-hybridized carbons (Fsp3) is 0.0455. The Hall–Kier alpha value is -2.32. The van der Waals surface area contributed by atoms with E-state index in [9.17, 15) is 9.65 Å². The Balaban J connectivity index is 1.79. The second-order valence-corrected chi connectivity index (χ2v) is 7.55. The van der Waals surface area contributed by atoms with E-state index < -0.39 is 5.82 Å². The standard InChI is InChI=1S/C22H13BrCl2FNO/c23-18-10-14(9-16(12-27)17-3-1-2-4-21(17)26)6-8-22(18)28-13-15-5-7-19(24)20(25)11-15/h1-11H,13H2/b16-9-. The number of nitriles is 1. The molecule has 0 atom stereocenters. The van der Waals surface area contributed by atoms with Gasteiger partial charge in [-0.1, -0.05) is 53.5 Å². The molecular formula is C22H13BrCl2FNO. The Bertz CT molecular complexity index is 1090. The number of rotatable bonds is 5. The van der Waals surface area contributed by atoms with Crippen molar-refractivity contribution in [1.29, 1.82) is 5.26 Å². The molecule has 0 unspecified atom stereocenters. The van der Waals surface area contributed by atoms with Crippen LogP contribution in [0.2, 0.25) is 10.0 Å². The van der Waals surface area contributed by atoms with E-state index in [4.69, 9.17) is 27.9 Å². The SMILES string of the molecule is N#C/C(=C/c1ccc(OCc2ccc(Cl)c(Cl)c2)c(Br)c1)c1ccccc1F. The van der Waals surface area contributed by atoms with Gasteiger partial charge < -0.3 is 4.74 Å². The van der Waals surface area contributed by atoms with Crippen LogP contribution in [0.4, 0.5) is 4.39 Å². The number of halogens is 4. The second-order valence-electron chi connectivity index (χ2n) is 5.88. The molecule has 3 aromatic rings. The maximum absolute atomic E-state index is 13.9. The molecule has 140 valence electrons. The van der Waals surface area contributed by atoms with Crippen molar-refractivity contribution in [2.24, 2.45) is 0 Å². The maximum atomic E-state index is 13.9. The molecule has 0 amide bonds. The number of hydrogen-bond donors (Lipinski definition) is 0. The maximum Gasteiger partial charge on any atom is 0.134 e. The van der Waals surface area contributed by atoms with E-state index in [0.717, 1.165) is 11.1 Å². The van der Waals surface area contributed by atoms with Gasteiger partial charge in [-0.2, -0.15) is 5.26 Å². The van der Waals surface area contributed by atoms with Gasteiger partial charge in [-0.15, -0.1) is 0 Å². The van der Waals surface area contributed by atoms with Crippen LogP contribution in [0.5, 0.6) is 5.75 Å². The topological polar surface area (TPSA) is 33.0 Å². The van der Waals surface area contributed by atoms with Crippen molar-refractivity contribution in [1.82, 2.24) is 0 Å². The van der Waals surface area contributed by atoms with Crippen molar-refractivity contribution >= 4 is 50.8 Å². The molecule has 0 saturated heterocycles. The lowest BCUT2D eigenvalue weighted by molar-refractivity contribution is 0.304. The molecule has 3 aromatic carbocycles. The first-order valence-corrected chi connectivity index (χ1v) is 9.76. The summed E-state index contributed by atoms with van der Waals surface area (Å²) in [7, 11) is 0. The number of hydrogen-bond acceptors (Lipinski definition) is 2. The van der Waals surface area contributed by atoms with Crippen molar-refractivity contribution in [3.8, 4) is 11.8 Å². The van der Waals surface area contributed by atoms with Crippen LogP contribution in [0.3, 0.4) is 0 Å². The molecule has 0 heterocycles. The van der Waals surface area contributed by atoms with E-state index in [1.807, 2.05) is 18.2 Å². The lowest BCUT2D eigenvalue weighted by Crippen LogP contribution is -1.96. The molecule has 0 saturated carbocycles. The van der Waals surface area contributed by atoms with Crippen LogP contribution in [-0.4, -0.2) is 0 Å². The van der Waals surface area contributed by atoms with Gasteiger partial charge in [0.05, 0.1) is 26.2 Å². The molecule has 6 heteroatoms. The zero-order valence-corrected chi connectivity index (χ0v) is 17.5. The monoisotopic (exact) mass is 475 g/mol. The van der Waals surface area contributed by atoms with Gasteiger partial charge >= 0.3 is 0 Å². The van der Waals surface area contributed by atoms with E-state index in [1.54, 1.807) is 48.5 Å². The Morgan fingerprint density at radius 3 is 2.54 bits per heavy atom. The number of allylic oxidation sites excluding steroid dienone is 1. The van der Waals surface area contributed by atoms with Gasteiger partial charge in [0.2, 0.25) is 0 Å². The molecule has 0 aliphatic rings. The van der Waals surface area contributed by atoms with Crippen molar-refractivity contribution in [3.63, 3.8) is 0 Å². The van der Waals surface area contributed by atoms with Gasteiger partial charge in [-0.25, -0.2) is 4.39 Å². The third-order valence-electron chi connectivity index (χ3n) is 3.93. The van der Waals surface area contributed by atoms with Gasteiger partial charge in [-0.05, 0) is 63.5 Å². The highest BCUT2D eigenvalue weighted by atomic mass is 79.9. The summed E-state index contributed by atoms with van der Waals surface area (Å²) in [5.74, 6) is 0.198. The molecule has 0 aliphatic heterocycles. The normalized spacial score (nSPS) is 11.2. The van der Waals surface area contributed by atoms with Crippen molar-refractivity contribution in [3.05, 3.63) is 97.7 Å². The molecule has 0 radical (unpaired) electrons. The van der Waals surface area contributed by atoms with Crippen LogP contribution in [-0.2, 0) is 6.61 Å². The zero-order chi connectivity index (χ0) is 20.1. The van der Waals surface area contributed by atoms with Gasteiger partial charge in [-0.3, -0.25) is 0 Å². The minimum atomic E-state index is -0.434. The lowest BCUT2D eigenvalue weighted by Gasteiger charge is -2.10. The van der Waals surface area contributed by atoms with E-state index in [2.05, 4.69) is 15.9 Å². The van der Waals surface area contributed by atoms with Gasteiger partial charge in [0, 0.05) is 5.56 Å². The minimum Gasteiger partial charge on any atom is -0.488 e. The molecule has 0 bridgehead atoms. The van der Waals surface area contributed by atoms with Gasteiger partial charge in [0.25, 0.3) is 0 Å². The smallest absolute Gasteiger partial charge is 0.134 e. The highest BCUT2D eigenvalue weighted by Crippen LogP contribution is 2.30. The molecule has 28 heavy (non-hydrogen) atoms. The Labute approximate surface area is 180 Å². The van der Waals surface area contributed by atoms with Crippen LogP contribution in [0.1, 0.15) is 16.7 Å². The lowest BCUT2D eigenvalue weighted by atomic mass is 10.0. The summed E-state index contributed by atoms with van der Waals surface area (Å²) in [5, 5.41) is 10.4. The quantitative estimate of drug-likeness (QED) is 0.281. The Morgan fingerprint density at radius 2 is 1.86 bits per heavy atom. The summed E-state index contributed by atoms with van der Waals surface area (Å²) < 4.78 is 20.5. The third kappa shape index (κ3) is 4.94. The summed E-state index contributed by atoms with van der Waals surface area (Å²) in [5.41, 5.74) is 2.14. The second kappa shape index (κ2) is 9.25. The van der Waals surface area contributed by atoms with E-state index in [1.165, 1.54) is 6.07 Å². The summed E-state index contributed by atoms with van der Waals surface area (Å²) >= 11 is 15.4. The highest BCUT2D eigenvalue weighted by Gasteiger charge is 2.08. The molecule has 2 nitrogen and oxygen atoms in total. The highest BCUT2D eigenvalue weighted by molar-refractivity contribution is 9.10. The molecule has 0 fully saturated rings. The summed E-state index contributed by atoms with van der Waals surface area (Å²) in [6, 6.07) is 18.9. The molecule has 0 N–H and O–H groups in total. The van der Waals surface area contributed by atoms with Crippen LogP contribution in [0.25, 0.3) is 11.6 Å². The van der Waals surface area contributed by atoms with E-state index >= 15 is 0 Å². The van der Waals surface area contributed by atoms with Crippen molar-refractivity contribution in [2.45, 2.75) is 6.61 Å². The Morgan fingerprint density at radius 1 is 1.07 bits per heavy atom. The molecule has 0 aliphatic carbocycles. The predicted molar refractivity (Wildman–Crippen MR) is 115 cm³/mol. The number of ether oxygens (including phenoxy) is 1.